The van der Waals surface area contributed by atoms with Crippen LogP contribution in [0.5, 0.6) is 0 Å². The average molecular weight is 376 g/mol. The van der Waals surface area contributed by atoms with Gasteiger partial charge >= 0.3 is 0 Å². The molecular weight excluding hydrogens is 352 g/mol. The second-order valence-electron chi connectivity index (χ2n) is 7.29. The molecule has 1 saturated heterocycles. The Morgan fingerprint density at radius 2 is 1.96 bits per heavy atom. The Labute approximate surface area is 164 Å². The van der Waals surface area contributed by atoms with Crippen LogP contribution in [0.1, 0.15) is 24.0 Å². The lowest BCUT2D eigenvalue weighted by Crippen LogP contribution is -2.41. The number of aryl methyl sites for hydroxylation is 2. The van der Waals surface area contributed by atoms with E-state index in [9.17, 15) is 4.79 Å². The summed E-state index contributed by atoms with van der Waals surface area (Å²) in [7, 11) is 0. The van der Waals surface area contributed by atoms with Crippen molar-refractivity contribution >= 4 is 17.4 Å². The van der Waals surface area contributed by atoms with Gasteiger partial charge in [0.05, 0.1) is 5.92 Å². The van der Waals surface area contributed by atoms with E-state index in [-0.39, 0.29) is 11.8 Å². The first-order valence-electron chi connectivity index (χ1n) is 9.57. The Morgan fingerprint density at radius 1 is 1.14 bits per heavy atom. The Bertz CT molecular complexity index is 952. The van der Waals surface area contributed by atoms with Crippen molar-refractivity contribution in [1.29, 1.82) is 0 Å². The van der Waals surface area contributed by atoms with Crippen molar-refractivity contribution in [2.45, 2.75) is 26.7 Å². The van der Waals surface area contributed by atoms with E-state index >= 15 is 0 Å². The summed E-state index contributed by atoms with van der Waals surface area (Å²) < 4.78 is 1.67. The van der Waals surface area contributed by atoms with Crippen LogP contribution < -0.4 is 10.2 Å². The molecule has 1 aliphatic rings. The number of carbonyl (C=O) groups excluding carboxylic acids is 1. The predicted molar refractivity (Wildman–Crippen MR) is 109 cm³/mol. The fraction of sp³-hybridized carbons (Fsp3) is 0.333. The smallest absolute Gasteiger partial charge is 0.229 e. The molecule has 0 spiro atoms. The highest BCUT2D eigenvalue weighted by Gasteiger charge is 2.27. The molecule has 0 bridgehead atoms. The highest BCUT2D eigenvalue weighted by molar-refractivity contribution is 5.93. The number of hydrogen-bond acceptors (Lipinski definition) is 5. The maximum Gasteiger partial charge on any atom is 0.229 e. The normalized spacial score (nSPS) is 16.8. The Kier molecular flexibility index (Phi) is 5.06. The summed E-state index contributed by atoms with van der Waals surface area (Å²) in [4.78, 5) is 14.9. The van der Waals surface area contributed by atoms with Crippen molar-refractivity contribution in [3.63, 3.8) is 0 Å². The van der Waals surface area contributed by atoms with Gasteiger partial charge in [-0.25, -0.2) is 4.68 Å². The number of nitrogens with one attached hydrogen (secondary N) is 1. The van der Waals surface area contributed by atoms with Crippen LogP contribution in [0.15, 0.2) is 48.8 Å². The zero-order valence-electron chi connectivity index (χ0n) is 16.2. The molecule has 1 N–H and O–H groups in total. The fourth-order valence-electron chi connectivity index (χ4n) is 3.60. The number of benzene rings is 1. The fourth-order valence-corrected chi connectivity index (χ4v) is 3.60. The maximum atomic E-state index is 12.8. The monoisotopic (exact) mass is 376 g/mol. The number of anilines is 2. The van der Waals surface area contributed by atoms with Gasteiger partial charge in [-0.1, -0.05) is 17.7 Å². The summed E-state index contributed by atoms with van der Waals surface area (Å²) in [6, 6.07) is 11.8. The van der Waals surface area contributed by atoms with Crippen molar-refractivity contribution in [2.75, 3.05) is 23.3 Å². The Hall–Kier alpha value is -3.22. The lowest BCUT2D eigenvalue weighted by Gasteiger charge is -2.32. The summed E-state index contributed by atoms with van der Waals surface area (Å²) in [5.41, 5.74) is 3.16. The number of carbonyl (C=O) groups is 1. The van der Waals surface area contributed by atoms with Crippen LogP contribution in [0.25, 0.3) is 5.82 Å². The summed E-state index contributed by atoms with van der Waals surface area (Å²) >= 11 is 0. The first-order chi connectivity index (χ1) is 13.6. The molecule has 1 atom stereocenters. The topological polar surface area (TPSA) is 75.9 Å². The van der Waals surface area contributed by atoms with E-state index in [1.165, 1.54) is 5.56 Å². The number of rotatable bonds is 4. The summed E-state index contributed by atoms with van der Waals surface area (Å²) in [5.74, 6) is 1.47. The highest BCUT2D eigenvalue weighted by Crippen LogP contribution is 2.24. The molecule has 3 heterocycles. The molecule has 1 aliphatic heterocycles. The van der Waals surface area contributed by atoms with Gasteiger partial charge in [-0.3, -0.25) is 4.79 Å². The van der Waals surface area contributed by atoms with Gasteiger partial charge in [0.25, 0.3) is 0 Å². The zero-order valence-corrected chi connectivity index (χ0v) is 16.2. The van der Waals surface area contributed by atoms with E-state index in [2.05, 4.69) is 38.5 Å². The van der Waals surface area contributed by atoms with E-state index in [1.54, 1.807) is 10.9 Å². The molecule has 4 rings (SSSR count). The van der Waals surface area contributed by atoms with Gasteiger partial charge in [0.2, 0.25) is 5.91 Å². The van der Waals surface area contributed by atoms with Crippen LogP contribution in [0.2, 0.25) is 0 Å². The maximum absolute atomic E-state index is 12.8. The van der Waals surface area contributed by atoms with Crippen molar-refractivity contribution < 1.29 is 4.79 Å². The van der Waals surface area contributed by atoms with Crippen LogP contribution >= 0.6 is 0 Å². The van der Waals surface area contributed by atoms with Crippen molar-refractivity contribution in [3.8, 4) is 5.82 Å². The molecule has 1 unspecified atom stereocenters. The van der Waals surface area contributed by atoms with E-state index in [4.69, 9.17) is 0 Å². The predicted octanol–water partition coefficient (Wildman–Crippen LogP) is 3.13. The van der Waals surface area contributed by atoms with Crippen LogP contribution in [-0.2, 0) is 4.79 Å². The molecule has 2 aromatic heterocycles. The molecule has 7 heteroatoms. The zero-order chi connectivity index (χ0) is 19.5. The number of nitrogens with zero attached hydrogens (tertiary/aromatic N) is 5. The first-order valence-corrected chi connectivity index (χ1v) is 9.57. The minimum Gasteiger partial charge on any atom is -0.354 e. The van der Waals surface area contributed by atoms with Crippen LogP contribution in [0.3, 0.4) is 0 Å². The van der Waals surface area contributed by atoms with Gasteiger partial charge in [-0.05, 0) is 56.5 Å². The van der Waals surface area contributed by atoms with Crippen LogP contribution in [-0.4, -0.2) is 39.0 Å². The second kappa shape index (κ2) is 7.80. The number of piperidine rings is 1. The van der Waals surface area contributed by atoms with Crippen molar-refractivity contribution in [2.24, 2.45) is 5.92 Å². The molecule has 1 fully saturated rings. The summed E-state index contributed by atoms with van der Waals surface area (Å²) in [6.07, 6.45) is 5.37. The Morgan fingerprint density at radius 3 is 2.68 bits per heavy atom. The lowest BCUT2D eigenvalue weighted by atomic mass is 9.96. The minimum absolute atomic E-state index is 0.0674. The second-order valence-corrected chi connectivity index (χ2v) is 7.29. The van der Waals surface area contributed by atoms with E-state index in [0.717, 1.165) is 36.5 Å². The van der Waals surface area contributed by atoms with Gasteiger partial charge in [0.15, 0.2) is 11.6 Å². The lowest BCUT2D eigenvalue weighted by molar-refractivity contribution is -0.120. The van der Waals surface area contributed by atoms with Gasteiger partial charge in [-0.15, -0.1) is 10.2 Å². The van der Waals surface area contributed by atoms with E-state index in [0.29, 0.717) is 12.4 Å². The molecule has 3 aromatic rings. The molecule has 0 aliphatic carbocycles. The van der Waals surface area contributed by atoms with Crippen LogP contribution in [0, 0.1) is 19.8 Å². The summed E-state index contributed by atoms with van der Waals surface area (Å²) in [6.45, 7) is 5.60. The third kappa shape index (κ3) is 3.88. The number of aromatic nitrogens is 4. The molecular formula is C21H24N6O. The molecule has 0 saturated carbocycles. The molecule has 144 valence electrons. The third-order valence-corrected chi connectivity index (χ3v) is 5.13. The summed E-state index contributed by atoms with van der Waals surface area (Å²) in [5, 5.41) is 15.9. The van der Waals surface area contributed by atoms with Gasteiger partial charge in [0.1, 0.15) is 0 Å². The first kappa shape index (κ1) is 18.2. The number of amides is 1. The number of hydrogen-bond donors (Lipinski definition) is 1. The van der Waals surface area contributed by atoms with Gasteiger partial charge in [0, 0.05) is 31.2 Å². The van der Waals surface area contributed by atoms with E-state index in [1.807, 2.05) is 43.5 Å². The standard InChI is InChI=1S/C21H24N6O/c1-15-6-7-18(16(2)13-15)23-21(28)17-5-3-11-26(14-17)19-8-9-20(25-24-19)27-12-4-10-22-27/h4,6-10,12-13,17H,3,5,11,14H2,1-2H3,(H,23,28). The van der Waals surface area contributed by atoms with E-state index < -0.39 is 0 Å². The highest BCUT2D eigenvalue weighted by atomic mass is 16.1. The quantitative estimate of drug-likeness (QED) is 0.757. The SMILES string of the molecule is Cc1ccc(NC(=O)C2CCCN(c3ccc(-n4cccn4)nn3)C2)c(C)c1. The Balaban J connectivity index is 1.43. The molecule has 28 heavy (non-hydrogen) atoms. The van der Waals surface area contributed by atoms with Gasteiger partial charge in [-0.2, -0.15) is 5.10 Å². The largest absolute Gasteiger partial charge is 0.354 e. The molecule has 1 aromatic carbocycles. The average Bonchev–Trinajstić information content (AvgIpc) is 3.25. The van der Waals surface area contributed by atoms with Crippen LogP contribution in [0.4, 0.5) is 11.5 Å². The van der Waals surface area contributed by atoms with Crippen molar-refractivity contribution in [3.05, 3.63) is 59.9 Å². The minimum atomic E-state index is -0.0676. The van der Waals surface area contributed by atoms with Gasteiger partial charge < -0.3 is 10.2 Å². The third-order valence-electron chi connectivity index (χ3n) is 5.13. The molecule has 1 amide bonds. The van der Waals surface area contributed by atoms with Crippen molar-refractivity contribution in [1.82, 2.24) is 20.0 Å². The molecule has 0 radical (unpaired) electrons. The molecule has 7 nitrogen and oxygen atoms in total.